The van der Waals surface area contributed by atoms with Gasteiger partial charge in [-0.15, -0.1) is 0 Å². The van der Waals surface area contributed by atoms with E-state index >= 15 is 0 Å². The second kappa shape index (κ2) is 18.7. The summed E-state index contributed by atoms with van der Waals surface area (Å²) in [5, 5.41) is 0. The average Bonchev–Trinajstić information content (AvgIpc) is 3.47. The standard InChI is InChI=1S/C42H61F5O5S/c1-40-23-21-31-30-18-17-29(51-36-15-8-10-24-49-36)28-33(30)39(48)32(38(31)34(40)19-20-35(40)52-37-16-9-11-25-50-37)14-7-5-3-2-4-6-12-26-53-27-13-22-41(43,44)42(45,46)47/h17-18,28,31-32,34-38H,2-16,19-27H2,1H3/t31-,32+,34+,35+,36?,37?,38+,40+/m1/s1. The number of hydrogen-bond acceptors (Lipinski definition) is 6. The summed E-state index contributed by atoms with van der Waals surface area (Å²) in [6.07, 6.45) is 11.8. The molecule has 11 heteroatoms. The Labute approximate surface area is 317 Å². The van der Waals surface area contributed by atoms with E-state index in [0.717, 1.165) is 139 Å². The van der Waals surface area contributed by atoms with Crippen LogP contribution in [-0.4, -0.2) is 61.3 Å². The van der Waals surface area contributed by atoms with Gasteiger partial charge in [0, 0.05) is 30.9 Å². The van der Waals surface area contributed by atoms with Crippen LogP contribution in [0.15, 0.2) is 18.2 Å². The fourth-order valence-corrected chi connectivity index (χ4v) is 11.1. The van der Waals surface area contributed by atoms with Crippen LogP contribution < -0.4 is 4.74 Å². The number of benzene rings is 1. The van der Waals surface area contributed by atoms with Gasteiger partial charge in [-0.3, -0.25) is 4.79 Å². The van der Waals surface area contributed by atoms with Crippen LogP contribution in [-0.2, 0) is 14.2 Å². The molecule has 1 aromatic rings. The molecule has 2 saturated heterocycles. The van der Waals surface area contributed by atoms with Crippen molar-refractivity contribution >= 4 is 17.5 Å². The third kappa shape index (κ3) is 10.1. The lowest BCUT2D eigenvalue weighted by molar-refractivity contribution is -0.284. The van der Waals surface area contributed by atoms with E-state index in [1.807, 2.05) is 6.07 Å². The quantitative estimate of drug-likeness (QED) is 0.109. The largest absolute Gasteiger partial charge is 0.465 e. The highest BCUT2D eigenvalue weighted by atomic mass is 32.2. The highest BCUT2D eigenvalue weighted by Gasteiger charge is 2.59. The molecule has 0 N–H and O–H groups in total. The number of unbranched alkanes of at least 4 members (excludes halogenated alkanes) is 6. The predicted octanol–water partition coefficient (Wildman–Crippen LogP) is 12.1. The second-order valence-corrected chi connectivity index (χ2v) is 17.9. The van der Waals surface area contributed by atoms with Crippen molar-refractivity contribution in [1.82, 2.24) is 0 Å². The van der Waals surface area contributed by atoms with Crippen LogP contribution in [0.2, 0.25) is 0 Å². The lowest BCUT2D eigenvalue weighted by Gasteiger charge is -2.53. The van der Waals surface area contributed by atoms with E-state index in [1.54, 1.807) is 0 Å². The molecule has 2 heterocycles. The molecule has 2 aliphatic heterocycles. The SMILES string of the molecule is C[C@]12CC[C@@H]3c4ccc(OC5CCCCO5)cc4C(=O)[C@@H](CCCCCCCCCSCCCC(F)(F)C(F)(F)F)[C@H]3[C@@H]1CC[C@@H]2OC1CCCCO1. The summed E-state index contributed by atoms with van der Waals surface area (Å²) in [6.45, 7) is 3.91. The maximum Gasteiger partial charge on any atom is 0.453 e. The van der Waals surface area contributed by atoms with E-state index in [1.165, 1.54) is 17.3 Å². The minimum absolute atomic E-state index is 0.0175. The lowest BCUT2D eigenvalue weighted by Crippen LogP contribution is -2.50. The van der Waals surface area contributed by atoms with E-state index in [2.05, 4.69) is 19.1 Å². The molecule has 8 atom stereocenters. The van der Waals surface area contributed by atoms with Crippen molar-refractivity contribution in [3.05, 3.63) is 29.3 Å². The summed E-state index contributed by atoms with van der Waals surface area (Å²) >= 11 is 1.46. The lowest BCUT2D eigenvalue weighted by atomic mass is 9.51. The van der Waals surface area contributed by atoms with Gasteiger partial charge < -0.3 is 18.9 Å². The Kier molecular flexibility index (Phi) is 14.5. The third-order valence-corrected chi connectivity index (χ3v) is 14.2. The number of halogens is 5. The first-order chi connectivity index (χ1) is 25.5. The highest BCUT2D eigenvalue weighted by molar-refractivity contribution is 7.99. The van der Waals surface area contributed by atoms with Crippen LogP contribution in [0.4, 0.5) is 22.0 Å². The second-order valence-electron chi connectivity index (χ2n) is 16.6. The number of Topliss-reactive ketones (excluding diaryl/α,β-unsaturated/α-hetero) is 1. The summed E-state index contributed by atoms with van der Waals surface area (Å²) in [4.78, 5) is 14.6. The topological polar surface area (TPSA) is 54.0 Å². The molecule has 0 amide bonds. The maximum atomic E-state index is 14.6. The molecule has 2 unspecified atom stereocenters. The number of ketones is 1. The van der Waals surface area contributed by atoms with Gasteiger partial charge >= 0.3 is 12.1 Å². The number of ether oxygens (including phenoxy) is 4. The molecular formula is C42H61F5O5S. The number of carbonyl (C=O) groups excluding carboxylic acids is 1. The number of rotatable bonds is 18. The maximum absolute atomic E-state index is 14.6. The van der Waals surface area contributed by atoms with Gasteiger partial charge in [-0.1, -0.05) is 51.5 Å². The van der Waals surface area contributed by atoms with Crippen LogP contribution in [0.25, 0.3) is 0 Å². The summed E-state index contributed by atoms with van der Waals surface area (Å²) in [5.74, 6) is -1.41. The summed E-state index contributed by atoms with van der Waals surface area (Å²) in [7, 11) is 0. The van der Waals surface area contributed by atoms with E-state index in [0.29, 0.717) is 30.1 Å². The summed E-state index contributed by atoms with van der Waals surface area (Å²) in [5.41, 5.74) is 2.08. The minimum Gasteiger partial charge on any atom is -0.465 e. The van der Waals surface area contributed by atoms with Crippen molar-refractivity contribution in [2.24, 2.45) is 23.2 Å². The zero-order valence-electron chi connectivity index (χ0n) is 31.6. The van der Waals surface area contributed by atoms with Gasteiger partial charge in [0.15, 0.2) is 18.4 Å². The van der Waals surface area contributed by atoms with Crippen molar-refractivity contribution in [3.63, 3.8) is 0 Å². The Morgan fingerprint density at radius 2 is 1.49 bits per heavy atom. The summed E-state index contributed by atoms with van der Waals surface area (Å²) < 4.78 is 87.9. The van der Waals surface area contributed by atoms with Crippen LogP contribution in [0, 0.1) is 23.2 Å². The highest BCUT2D eigenvalue weighted by Crippen LogP contribution is 2.63. The molecule has 0 aromatic heterocycles. The average molecular weight is 773 g/mol. The van der Waals surface area contributed by atoms with E-state index in [4.69, 9.17) is 18.9 Å². The fourth-order valence-electron chi connectivity index (χ4n) is 10.2. The van der Waals surface area contributed by atoms with Crippen LogP contribution in [0.3, 0.4) is 0 Å². The zero-order valence-corrected chi connectivity index (χ0v) is 32.4. The Morgan fingerprint density at radius 1 is 0.811 bits per heavy atom. The Morgan fingerprint density at radius 3 is 2.19 bits per heavy atom. The van der Waals surface area contributed by atoms with E-state index in [9.17, 15) is 26.7 Å². The van der Waals surface area contributed by atoms with E-state index in [-0.39, 0.29) is 42.2 Å². The van der Waals surface area contributed by atoms with Crippen molar-refractivity contribution in [2.45, 2.75) is 172 Å². The Balaban J connectivity index is 1.01. The number of fused-ring (bicyclic) bond motifs is 5. The number of alkyl halides is 5. The molecule has 53 heavy (non-hydrogen) atoms. The normalized spacial score (nSPS) is 31.9. The molecule has 5 aliphatic rings. The first-order valence-electron chi connectivity index (χ1n) is 20.7. The van der Waals surface area contributed by atoms with Gasteiger partial charge in [0.1, 0.15) is 5.75 Å². The van der Waals surface area contributed by atoms with Crippen molar-refractivity contribution < 1.29 is 45.7 Å². The van der Waals surface area contributed by atoms with Crippen LogP contribution in [0.5, 0.6) is 5.75 Å². The minimum atomic E-state index is -5.46. The van der Waals surface area contributed by atoms with Gasteiger partial charge in [-0.2, -0.15) is 33.7 Å². The van der Waals surface area contributed by atoms with Crippen LogP contribution in [0.1, 0.15) is 157 Å². The van der Waals surface area contributed by atoms with Crippen molar-refractivity contribution in [3.8, 4) is 5.75 Å². The molecule has 0 spiro atoms. The number of thioether (sulfide) groups is 1. The Hall–Kier alpha value is -1.43. The molecule has 6 rings (SSSR count). The molecule has 2 saturated carbocycles. The van der Waals surface area contributed by atoms with Crippen LogP contribution >= 0.6 is 11.8 Å². The predicted molar refractivity (Wildman–Crippen MR) is 198 cm³/mol. The fraction of sp³-hybridized carbons (Fsp3) is 0.833. The smallest absolute Gasteiger partial charge is 0.453 e. The summed E-state index contributed by atoms with van der Waals surface area (Å²) in [6, 6.07) is 6.23. The Bertz CT molecular complexity index is 1320. The monoisotopic (exact) mass is 772 g/mol. The zero-order chi connectivity index (χ0) is 37.5. The molecular weight excluding hydrogens is 712 g/mol. The molecule has 1 aromatic carbocycles. The van der Waals surface area contributed by atoms with Gasteiger partial charge in [-0.25, -0.2) is 0 Å². The van der Waals surface area contributed by atoms with Crippen molar-refractivity contribution in [1.29, 1.82) is 0 Å². The molecule has 300 valence electrons. The van der Waals surface area contributed by atoms with Gasteiger partial charge in [0.2, 0.25) is 0 Å². The molecule has 4 fully saturated rings. The first kappa shape index (κ1) is 41.2. The van der Waals surface area contributed by atoms with Gasteiger partial charge in [-0.05, 0) is 129 Å². The van der Waals surface area contributed by atoms with Gasteiger partial charge in [0.05, 0.1) is 12.7 Å². The molecule has 0 radical (unpaired) electrons. The molecule has 3 aliphatic carbocycles. The first-order valence-corrected chi connectivity index (χ1v) is 21.9. The van der Waals surface area contributed by atoms with Gasteiger partial charge in [0.25, 0.3) is 0 Å². The number of carbonyl (C=O) groups is 1. The number of hydrogen-bond donors (Lipinski definition) is 0. The molecule has 0 bridgehead atoms. The molecule has 5 nitrogen and oxygen atoms in total. The van der Waals surface area contributed by atoms with E-state index < -0.39 is 18.5 Å². The van der Waals surface area contributed by atoms with Crippen molar-refractivity contribution in [2.75, 3.05) is 24.7 Å². The third-order valence-electron chi connectivity index (χ3n) is 13.1.